The van der Waals surface area contributed by atoms with Crippen LogP contribution in [0.3, 0.4) is 0 Å². The van der Waals surface area contributed by atoms with E-state index in [9.17, 15) is 21.6 Å². The van der Waals surface area contributed by atoms with Crippen LogP contribution in [0.25, 0.3) is 0 Å². The van der Waals surface area contributed by atoms with E-state index < -0.39 is 26.0 Å². The summed E-state index contributed by atoms with van der Waals surface area (Å²) in [6.45, 7) is 1.62. The lowest BCUT2D eigenvalue weighted by Crippen LogP contribution is -2.40. The summed E-state index contributed by atoms with van der Waals surface area (Å²) in [5, 5.41) is 2.80. The summed E-state index contributed by atoms with van der Waals surface area (Å²) in [7, 11) is -7.63. The van der Waals surface area contributed by atoms with Crippen LogP contribution in [0, 0.1) is 0 Å². The Balaban J connectivity index is 1.26. The molecule has 12 heteroatoms. The van der Waals surface area contributed by atoms with Gasteiger partial charge in [-0.25, -0.2) is 16.8 Å². The lowest BCUT2D eigenvalue weighted by Gasteiger charge is -2.26. The zero-order valence-corrected chi connectivity index (χ0v) is 25.5. The molecule has 4 aromatic rings. The van der Waals surface area contributed by atoms with Crippen molar-refractivity contribution in [3.63, 3.8) is 0 Å². The lowest BCUT2D eigenvalue weighted by molar-refractivity contribution is 0.0730. The van der Waals surface area contributed by atoms with Gasteiger partial charge in [0, 0.05) is 13.1 Å². The number of sulfonamides is 2. The molecule has 0 unspecified atom stereocenters. The van der Waals surface area contributed by atoms with Gasteiger partial charge in [-0.2, -0.15) is 4.31 Å². The summed E-state index contributed by atoms with van der Waals surface area (Å²) >= 11 is 0. The number of anilines is 1. The highest BCUT2D eigenvalue weighted by Crippen LogP contribution is 2.29. The third-order valence-corrected chi connectivity index (χ3v) is 10.7. The van der Waals surface area contributed by atoms with Crippen molar-refractivity contribution in [2.24, 2.45) is 0 Å². The molecule has 0 atom stereocenters. The van der Waals surface area contributed by atoms with E-state index in [1.54, 1.807) is 54.6 Å². The van der Waals surface area contributed by atoms with Crippen LogP contribution in [0.4, 0.5) is 5.69 Å². The molecule has 4 aromatic carbocycles. The molecule has 1 saturated heterocycles. The minimum absolute atomic E-state index is 0.0305. The number of rotatable bonds is 12. The van der Waals surface area contributed by atoms with E-state index in [1.165, 1.54) is 32.9 Å². The van der Waals surface area contributed by atoms with Gasteiger partial charge in [0.1, 0.15) is 12.4 Å². The Labute approximate surface area is 257 Å². The highest BCUT2D eigenvalue weighted by atomic mass is 32.2. The Morgan fingerprint density at radius 1 is 0.773 bits per heavy atom. The highest BCUT2D eigenvalue weighted by molar-refractivity contribution is 7.92. The van der Waals surface area contributed by atoms with Gasteiger partial charge < -0.3 is 14.8 Å². The molecule has 0 aliphatic carbocycles. The Morgan fingerprint density at radius 2 is 1.39 bits per heavy atom. The van der Waals surface area contributed by atoms with E-state index in [0.29, 0.717) is 32.1 Å². The predicted octanol–water partition coefficient (Wildman–Crippen LogP) is 3.91. The van der Waals surface area contributed by atoms with Crippen LogP contribution < -0.4 is 14.4 Å². The molecule has 5 rings (SSSR count). The minimum Gasteiger partial charge on any atom is -0.492 e. The summed E-state index contributed by atoms with van der Waals surface area (Å²) < 4.78 is 66.9. The number of nitrogens with zero attached hydrogens (tertiary/aromatic N) is 2. The Hall–Kier alpha value is -4.23. The lowest BCUT2D eigenvalue weighted by atomic mass is 10.1. The average molecular weight is 636 g/mol. The molecule has 0 aromatic heterocycles. The molecule has 0 saturated carbocycles. The summed E-state index contributed by atoms with van der Waals surface area (Å²) in [5.41, 5.74) is 1.20. The van der Waals surface area contributed by atoms with Crippen molar-refractivity contribution >= 4 is 31.6 Å². The first-order valence-electron chi connectivity index (χ1n) is 14.1. The summed E-state index contributed by atoms with van der Waals surface area (Å²) in [4.78, 5) is 13.6. The number of hydrogen-bond acceptors (Lipinski definition) is 7. The first-order chi connectivity index (χ1) is 21.3. The fourth-order valence-corrected chi connectivity index (χ4v) is 7.62. The first kappa shape index (κ1) is 31.2. The summed E-state index contributed by atoms with van der Waals surface area (Å²) in [6, 6.07) is 30.0. The SMILES string of the molecule is O=C(NCCOc1ccc(S(=O)(=O)N2CCOCC2)cc1)c1ccccc1N(Cc1ccccc1)S(=O)(=O)c1ccccc1. The van der Waals surface area contributed by atoms with E-state index in [0.717, 1.165) is 5.56 Å². The second-order valence-corrected chi connectivity index (χ2v) is 13.7. The van der Waals surface area contributed by atoms with Gasteiger partial charge in [-0.1, -0.05) is 60.7 Å². The molecular formula is C32H33N3O7S2. The van der Waals surface area contributed by atoms with Gasteiger partial charge in [0.25, 0.3) is 15.9 Å². The van der Waals surface area contributed by atoms with Gasteiger partial charge in [-0.15, -0.1) is 0 Å². The molecule has 0 radical (unpaired) electrons. The predicted molar refractivity (Wildman–Crippen MR) is 167 cm³/mol. The first-order valence-corrected chi connectivity index (χ1v) is 16.9. The maximum Gasteiger partial charge on any atom is 0.264 e. The van der Waals surface area contributed by atoms with Crippen molar-refractivity contribution in [1.82, 2.24) is 9.62 Å². The van der Waals surface area contributed by atoms with Crippen molar-refractivity contribution in [3.8, 4) is 5.75 Å². The molecule has 10 nitrogen and oxygen atoms in total. The minimum atomic E-state index is -4.01. The zero-order valence-electron chi connectivity index (χ0n) is 23.9. The summed E-state index contributed by atoms with van der Waals surface area (Å²) in [5.74, 6) is -0.0129. The van der Waals surface area contributed by atoms with E-state index in [-0.39, 0.29) is 40.7 Å². The smallest absolute Gasteiger partial charge is 0.264 e. The van der Waals surface area contributed by atoms with Crippen LogP contribution in [0.1, 0.15) is 15.9 Å². The van der Waals surface area contributed by atoms with E-state index >= 15 is 0 Å². The number of carbonyl (C=O) groups is 1. The monoisotopic (exact) mass is 635 g/mol. The van der Waals surface area contributed by atoms with Crippen LogP contribution in [0.2, 0.25) is 0 Å². The number of hydrogen-bond donors (Lipinski definition) is 1. The highest BCUT2D eigenvalue weighted by Gasteiger charge is 2.29. The van der Waals surface area contributed by atoms with E-state index in [1.807, 2.05) is 30.3 Å². The average Bonchev–Trinajstić information content (AvgIpc) is 3.07. The van der Waals surface area contributed by atoms with Crippen LogP contribution in [-0.2, 0) is 31.3 Å². The second kappa shape index (κ2) is 14.0. The number of ether oxygens (including phenoxy) is 2. The van der Waals surface area contributed by atoms with Crippen LogP contribution >= 0.6 is 0 Å². The molecule has 1 N–H and O–H groups in total. The second-order valence-electron chi connectivity index (χ2n) is 9.92. The number of morpholine rings is 1. The molecule has 1 amide bonds. The Morgan fingerprint density at radius 3 is 2.07 bits per heavy atom. The van der Waals surface area contributed by atoms with Crippen molar-refractivity contribution in [2.75, 3.05) is 43.8 Å². The number of nitrogens with one attached hydrogen (secondary N) is 1. The van der Waals surface area contributed by atoms with E-state index in [4.69, 9.17) is 9.47 Å². The van der Waals surface area contributed by atoms with Crippen LogP contribution in [0.5, 0.6) is 5.75 Å². The number of benzene rings is 4. The fraction of sp³-hybridized carbons (Fsp3) is 0.219. The molecule has 0 spiro atoms. The van der Waals surface area contributed by atoms with Gasteiger partial charge in [-0.05, 0) is 54.1 Å². The van der Waals surface area contributed by atoms with Gasteiger partial charge in [-0.3, -0.25) is 9.10 Å². The molecule has 1 fully saturated rings. The zero-order chi connectivity index (χ0) is 31.0. The molecule has 1 aliphatic heterocycles. The molecule has 0 bridgehead atoms. The normalized spacial score (nSPS) is 14.1. The van der Waals surface area contributed by atoms with Crippen molar-refractivity contribution < 1.29 is 31.1 Å². The number of carbonyl (C=O) groups excluding carboxylic acids is 1. The van der Waals surface area contributed by atoms with Crippen molar-refractivity contribution in [2.45, 2.75) is 16.3 Å². The third kappa shape index (κ3) is 7.28. The quantitative estimate of drug-likeness (QED) is 0.234. The fourth-order valence-electron chi connectivity index (χ4n) is 4.72. The van der Waals surface area contributed by atoms with Gasteiger partial charge in [0.2, 0.25) is 10.0 Å². The molecular weight excluding hydrogens is 603 g/mol. The molecule has 1 heterocycles. The van der Waals surface area contributed by atoms with Crippen molar-refractivity contribution in [3.05, 3.63) is 120 Å². The maximum atomic E-state index is 13.8. The topological polar surface area (TPSA) is 122 Å². The van der Waals surface area contributed by atoms with Gasteiger partial charge >= 0.3 is 0 Å². The van der Waals surface area contributed by atoms with Crippen LogP contribution in [0.15, 0.2) is 119 Å². The molecule has 230 valence electrons. The number of para-hydroxylation sites is 1. The Kier molecular flexibility index (Phi) is 9.95. The largest absolute Gasteiger partial charge is 0.492 e. The summed E-state index contributed by atoms with van der Waals surface area (Å²) in [6.07, 6.45) is 0. The molecule has 44 heavy (non-hydrogen) atoms. The van der Waals surface area contributed by atoms with E-state index in [2.05, 4.69) is 5.32 Å². The third-order valence-electron chi connectivity index (χ3n) is 7.01. The maximum absolute atomic E-state index is 13.8. The van der Waals surface area contributed by atoms with Gasteiger partial charge in [0.05, 0.1) is 47.3 Å². The standard InChI is InChI=1S/C32H33N3O7S2/c36-32(33-19-22-42-27-15-17-29(18-16-27)43(37,38)34-20-23-41-24-21-34)30-13-7-8-14-31(30)35(25-26-9-3-1-4-10-26)44(39,40)28-11-5-2-6-12-28/h1-18H,19-25H2,(H,33,36). The molecule has 1 aliphatic rings. The van der Waals surface area contributed by atoms with Gasteiger partial charge in [0.15, 0.2) is 0 Å². The van der Waals surface area contributed by atoms with Crippen molar-refractivity contribution in [1.29, 1.82) is 0 Å². The Bertz CT molecular complexity index is 1760. The van der Waals surface area contributed by atoms with Crippen LogP contribution in [-0.4, -0.2) is 66.5 Å². The number of amides is 1.